The van der Waals surface area contributed by atoms with E-state index in [2.05, 4.69) is 11.8 Å². The fraction of sp³-hybridized carbons (Fsp3) is 0.333. The van der Waals surface area contributed by atoms with E-state index in [-0.39, 0.29) is 25.2 Å². The first-order valence-corrected chi connectivity index (χ1v) is 10.4. The van der Waals surface area contributed by atoms with Gasteiger partial charge in [-0.1, -0.05) is 43.3 Å². The Balaban J connectivity index is 1.50. The molecule has 1 saturated heterocycles. The van der Waals surface area contributed by atoms with Crippen LogP contribution >= 0.6 is 0 Å². The lowest BCUT2D eigenvalue weighted by atomic mass is 9.98. The predicted octanol–water partition coefficient (Wildman–Crippen LogP) is 3.43. The van der Waals surface area contributed by atoms with E-state index in [0.29, 0.717) is 28.7 Å². The van der Waals surface area contributed by atoms with Crippen LogP contribution in [0.1, 0.15) is 30.9 Å². The van der Waals surface area contributed by atoms with Crippen LogP contribution in [0.4, 0.5) is 0 Å². The highest BCUT2D eigenvalue weighted by Gasteiger charge is 2.42. The lowest BCUT2D eigenvalue weighted by molar-refractivity contribution is -0.138. The van der Waals surface area contributed by atoms with Gasteiger partial charge in [0, 0.05) is 13.1 Å². The maximum absolute atomic E-state index is 13.5. The first kappa shape index (κ1) is 18.7. The summed E-state index contributed by atoms with van der Waals surface area (Å²) in [6.45, 7) is 4.19. The Kier molecular flexibility index (Phi) is 4.69. The zero-order chi connectivity index (χ0) is 20.7. The molecule has 0 spiro atoms. The van der Waals surface area contributed by atoms with E-state index >= 15 is 0 Å². The van der Waals surface area contributed by atoms with Gasteiger partial charge in [0.1, 0.15) is 5.70 Å². The summed E-state index contributed by atoms with van der Waals surface area (Å²) >= 11 is 0. The third-order valence-electron chi connectivity index (χ3n) is 5.96. The molecule has 3 aliphatic rings. The van der Waals surface area contributed by atoms with Gasteiger partial charge in [-0.3, -0.25) is 14.5 Å². The van der Waals surface area contributed by atoms with Crippen molar-refractivity contribution in [1.82, 2.24) is 9.80 Å². The number of piperidine rings is 1. The summed E-state index contributed by atoms with van der Waals surface area (Å²) in [7, 11) is 0. The van der Waals surface area contributed by atoms with Crippen LogP contribution in [0.25, 0.3) is 5.57 Å². The highest BCUT2D eigenvalue weighted by atomic mass is 16.7. The predicted molar refractivity (Wildman–Crippen MR) is 111 cm³/mol. The van der Waals surface area contributed by atoms with Crippen molar-refractivity contribution in [3.63, 3.8) is 0 Å². The first-order valence-electron chi connectivity index (χ1n) is 10.4. The summed E-state index contributed by atoms with van der Waals surface area (Å²) in [5.41, 5.74) is 2.67. The molecule has 1 unspecified atom stereocenters. The molecule has 3 heterocycles. The molecule has 6 nitrogen and oxygen atoms in total. The molecule has 0 N–H and O–H groups in total. The zero-order valence-corrected chi connectivity index (χ0v) is 17.0. The second-order valence-electron chi connectivity index (χ2n) is 8.17. The van der Waals surface area contributed by atoms with Crippen LogP contribution in [-0.2, 0) is 16.1 Å². The molecule has 0 bridgehead atoms. The lowest BCUT2D eigenvalue weighted by Crippen LogP contribution is -2.39. The summed E-state index contributed by atoms with van der Waals surface area (Å²) < 4.78 is 10.8. The van der Waals surface area contributed by atoms with Gasteiger partial charge < -0.3 is 14.4 Å². The summed E-state index contributed by atoms with van der Waals surface area (Å²) in [5.74, 6) is 1.37. The number of likely N-dealkylation sites (tertiary alicyclic amines) is 1. The Morgan fingerprint density at radius 1 is 1.00 bits per heavy atom. The fourth-order valence-electron chi connectivity index (χ4n) is 4.48. The van der Waals surface area contributed by atoms with Crippen molar-refractivity contribution < 1.29 is 19.1 Å². The SMILES string of the molecule is CC1CCCN(C2=C(c3ccccc3)C(=O)N(Cc3ccc4c(c3)OCO4)C2=O)C1. The van der Waals surface area contributed by atoms with Crippen LogP contribution in [0.15, 0.2) is 54.2 Å². The number of ether oxygens (including phenoxy) is 2. The standard InChI is InChI=1S/C24H24N2O4/c1-16-6-5-11-25(13-16)22-21(18-7-3-2-4-8-18)23(27)26(24(22)28)14-17-9-10-19-20(12-17)30-15-29-19/h2-4,7-10,12,16H,5-6,11,13-15H2,1H3. The van der Waals surface area contributed by atoms with Crippen molar-refractivity contribution >= 4 is 17.4 Å². The Hall–Kier alpha value is -3.28. The van der Waals surface area contributed by atoms with Crippen molar-refractivity contribution in [2.45, 2.75) is 26.3 Å². The van der Waals surface area contributed by atoms with Gasteiger partial charge >= 0.3 is 0 Å². The van der Waals surface area contributed by atoms with Gasteiger partial charge in [0.2, 0.25) is 6.79 Å². The van der Waals surface area contributed by atoms with Crippen molar-refractivity contribution in [2.75, 3.05) is 19.9 Å². The summed E-state index contributed by atoms with van der Waals surface area (Å²) in [6.07, 6.45) is 2.17. The molecule has 154 valence electrons. The van der Waals surface area contributed by atoms with Crippen LogP contribution in [0.2, 0.25) is 0 Å². The van der Waals surface area contributed by atoms with E-state index in [9.17, 15) is 9.59 Å². The summed E-state index contributed by atoms with van der Waals surface area (Å²) in [4.78, 5) is 30.4. The molecule has 0 aliphatic carbocycles. The number of imide groups is 1. The van der Waals surface area contributed by atoms with Crippen LogP contribution in [0.3, 0.4) is 0 Å². The first-order chi connectivity index (χ1) is 14.6. The number of hydrogen-bond acceptors (Lipinski definition) is 5. The van der Waals surface area contributed by atoms with Gasteiger partial charge in [-0.15, -0.1) is 0 Å². The van der Waals surface area contributed by atoms with E-state index in [4.69, 9.17) is 9.47 Å². The van der Waals surface area contributed by atoms with Gasteiger partial charge in [-0.05, 0) is 42.0 Å². The molecular weight excluding hydrogens is 380 g/mol. The lowest BCUT2D eigenvalue weighted by Gasteiger charge is -2.33. The van der Waals surface area contributed by atoms with Crippen molar-refractivity contribution in [3.8, 4) is 11.5 Å². The fourth-order valence-corrected chi connectivity index (χ4v) is 4.48. The van der Waals surface area contributed by atoms with Gasteiger partial charge in [0.15, 0.2) is 11.5 Å². The van der Waals surface area contributed by atoms with Crippen molar-refractivity contribution in [3.05, 3.63) is 65.4 Å². The molecule has 3 aliphatic heterocycles. The van der Waals surface area contributed by atoms with E-state index < -0.39 is 0 Å². The molecule has 30 heavy (non-hydrogen) atoms. The van der Waals surface area contributed by atoms with Crippen molar-refractivity contribution in [1.29, 1.82) is 0 Å². The highest BCUT2D eigenvalue weighted by Crippen LogP contribution is 2.36. The van der Waals surface area contributed by atoms with Gasteiger partial charge in [0.05, 0.1) is 12.1 Å². The number of benzene rings is 2. The van der Waals surface area contributed by atoms with E-state index in [1.54, 1.807) is 0 Å². The van der Waals surface area contributed by atoms with Crippen LogP contribution in [0, 0.1) is 5.92 Å². The number of amides is 2. The number of carbonyl (C=O) groups is 2. The molecule has 1 fully saturated rings. The van der Waals surface area contributed by atoms with E-state index in [0.717, 1.165) is 37.1 Å². The van der Waals surface area contributed by atoms with Gasteiger partial charge in [0.25, 0.3) is 11.8 Å². The average Bonchev–Trinajstić information content (AvgIpc) is 3.32. The molecule has 1 atom stereocenters. The number of rotatable bonds is 4. The zero-order valence-electron chi connectivity index (χ0n) is 17.0. The topological polar surface area (TPSA) is 59.1 Å². The quantitative estimate of drug-likeness (QED) is 0.731. The van der Waals surface area contributed by atoms with Crippen LogP contribution < -0.4 is 9.47 Å². The smallest absolute Gasteiger partial charge is 0.278 e. The minimum atomic E-state index is -0.239. The number of carbonyl (C=O) groups excluding carboxylic acids is 2. The minimum Gasteiger partial charge on any atom is -0.454 e. The maximum Gasteiger partial charge on any atom is 0.278 e. The number of fused-ring (bicyclic) bond motifs is 1. The molecule has 2 amide bonds. The monoisotopic (exact) mass is 404 g/mol. The molecule has 5 rings (SSSR count). The van der Waals surface area contributed by atoms with Gasteiger partial charge in [-0.2, -0.15) is 0 Å². The second kappa shape index (κ2) is 7.52. The average molecular weight is 404 g/mol. The largest absolute Gasteiger partial charge is 0.454 e. The molecule has 2 aromatic rings. The molecule has 0 saturated carbocycles. The minimum absolute atomic E-state index is 0.192. The molecule has 6 heteroatoms. The third-order valence-corrected chi connectivity index (χ3v) is 5.96. The van der Waals surface area contributed by atoms with E-state index in [1.165, 1.54) is 4.90 Å². The Bertz CT molecular complexity index is 1030. The van der Waals surface area contributed by atoms with Crippen molar-refractivity contribution in [2.24, 2.45) is 5.92 Å². The molecule has 2 aromatic carbocycles. The Morgan fingerprint density at radius 3 is 2.60 bits per heavy atom. The summed E-state index contributed by atoms with van der Waals surface area (Å²) in [6, 6.07) is 15.0. The van der Waals surface area contributed by atoms with E-state index in [1.807, 2.05) is 48.5 Å². The third kappa shape index (κ3) is 3.22. The Morgan fingerprint density at radius 2 is 1.80 bits per heavy atom. The van der Waals surface area contributed by atoms with Crippen LogP contribution in [-0.4, -0.2) is 41.5 Å². The second-order valence-corrected chi connectivity index (χ2v) is 8.17. The van der Waals surface area contributed by atoms with Gasteiger partial charge in [-0.25, -0.2) is 0 Å². The molecular formula is C24H24N2O4. The summed E-state index contributed by atoms with van der Waals surface area (Å²) in [5, 5.41) is 0. The molecule has 0 aromatic heterocycles. The molecule has 0 radical (unpaired) electrons. The highest BCUT2D eigenvalue weighted by molar-refractivity contribution is 6.35. The number of nitrogens with zero attached hydrogens (tertiary/aromatic N) is 2. The normalized spacial score (nSPS) is 21.0. The maximum atomic E-state index is 13.5. The number of hydrogen-bond donors (Lipinski definition) is 0. The Labute approximate surface area is 175 Å². The van der Waals surface area contributed by atoms with Crippen LogP contribution in [0.5, 0.6) is 11.5 Å².